The fourth-order valence-electron chi connectivity index (χ4n) is 2.47. The minimum atomic E-state index is -0.414. The molecule has 100 valence electrons. The third kappa shape index (κ3) is 2.90. The van der Waals surface area contributed by atoms with Gasteiger partial charge in [-0.2, -0.15) is 0 Å². The Balaban J connectivity index is 2.02. The standard InChI is InChI=1S/C13H21N3OS/c1-13(2,12-15-7-8-18-12)16-11(17)9-5-3-4-6-10(9)14/h7-10H,3-6,14H2,1-2H3,(H,16,17). The molecule has 1 aromatic rings. The van der Waals surface area contributed by atoms with Crippen LogP contribution < -0.4 is 11.1 Å². The van der Waals surface area contributed by atoms with E-state index in [1.165, 1.54) is 0 Å². The van der Waals surface area contributed by atoms with Crippen molar-refractivity contribution < 1.29 is 4.79 Å². The maximum Gasteiger partial charge on any atom is 0.225 e. The molecule has 0 aliphatic heterocycles. The summed E-state index contributed by atoms with van der Waals surface area (Å²) in [6, 6.07) is 0.00541. The van der Waals surface area contributed by atoms with E-state index >= 15 is 0 Å². The predicted octanol–water partition coefficient (Wildman–Crippen LogP) is 2.01. The normalized spacial score (nSPS) is 24.8. The topological polar surface area (TPSA) is 68.0 Å². The third-order valence-electron chi connectivity index (χ3n) is 3.56. The summed E-state index contributed by atoms with van der Waals surface area (Å²) in [6.45, 7) is 3.97. The molecule has 0 spiro atoms. The van der Waals surface area contributed by atoms with Gasteiger partial charge < -0.3 is 11.1 Å². The first-order valence-corrected chi connectivity index (χ1v) is 7.36. The highest BCUT2D eigenvalue weighted by Crippen LogP contribution is 2.26. The number of nitrogens with one attached hydrogen (secondary N) is 1. The second-order valence-electron chi connectivity index (χ2n) is 5.51. The lowest BCUT2D eigenvalue weighted by atomic mass is 9.84. The van der Waals surface area contributed by atoms with Crippen molar-refractivity contribution in [3.05, 3.63) is 16.6 Å². The van der Waals surface area contributed by atoms with Gasteiger partial charge in [0.05, 0.1) is 11.5 Å². The number of thiazole rings is 1. The zero-order chi connectivity index (χ0) is 13.2. The first-order chi connectivity index (χ1) is 8.50. The zero-order valence-electron chi connectivity index (χ0n) is 11.0. The molecule has 3 N–H and O–H groups in total. The van der Waals surface area contributed by atoms with E-state index in [0.717, 1.165) is 30.7 Å². The van der Waals surface area contributed by atoms with E-state index in [0.29, 0.717) is 0 Å². The van der Waals surface area contributed by atoms with Gasteiger partial charge in [0.25, 0.3) is 0 Å². The first-order valence-electron chi connectivity index (χ1n) is 6.48. The summed E-state index contributed by atoms with van der Waals surface area (Å²) in [5.74, 6) is 0.0281. The molecule has 2 atom stereocenters. The van der Waals surface area contributed by atoms with Crippen LogP contribution >= 0.6 is 11.3 Å². The molecule has 1 saturated carbocycles. The molecule has 4 nitrogen and oxygen atoms in total. The van der Waals surface area contributed by atoms with E-state index in [9.17, 15) is 4.79 Å². The Morgan fingerprint density at radius 3 is 2.83 bits per heavy atom. The number of carbonyl (C=O) groups is 1. The van der Waals surface area contributed by atoms with Crippen LogP contribution in [-0.4, -0.2) is 16.9 Å². The molecule has 1 aliphatic rings. The molecule has 2 unspecified atom stereocenters. The molecule has 0 saturated heterocycles. The van der Waals surface area contributed by atoms with Gasteiger partial charge in [-0.15, -0.1) is 11.3 Å². The number of aromatic nitrogens is 1. The summed E-state index contributed by atoms with van der Waals surface area (Å²) in [7, 11) is 0. The molecular weight excluding hydrogens is 246 g/mol. The Morgan fingerprint density at radius 2 is 2.22 bits per heavy atom. The second kappa shape index (κ2) is 5.36. The maximum atomic E-state index is 12.3. The molecule has 0 bridgehead atoms. The van der Waals surface area contributed by atoms with Crippen molar-refractivity contribution >= 4 is 17.2 Å². The molecule has 1 heterocycles. The summed E-state index contributed by atoms with van der Waals surface area (Å²) < 4.78 is 0. The van der Waals surface area contributed by atoms with Gasteiger partial charge in [0.1, 0.15) is 5.01 Å². The van der Waals surface area contributed by atoms with Gasteiger partial charge in [-0.05, 0) is 26.7 Å². The fraction of sp³-hybridized carbons (Fsp3) is 0.692. The molecule has 0 radical (unpaired) electrons. The number of carbonyl (C=O) groups excluding carboxylic acids is 1. The van der Waals surface area contributed by atoms with Crippen LogP contribution in [0.5, 0.6) is 0 Å². The quantitative estimate of drug-likeness (QED) is 0.880. The van der Waals surface area contributed by atoms with E-state index in [-0.39, 0.29) is 17.9 Å². The van der Waals surface area contributed by atoms with Gasteiger partial charge in [0.2, 0.25) is 5.91 Å². The van der Waals surface area contributed by atoms with Crippen LogP contribution in [0.15, 0.2) is 11.6 Å². The Hall–Kier alpha value is -0.940. The summed E-state index contributed by atoms with van der Waals surface area (Å²) in [4.78, 5) is 16.6. The van der Waals surface area contributed by atoms with Gasteiger partial charge in [-0.3, -0.25) is 4.79 Å². The van der Waals surface area contributed by atoms with Crippen LogP contribution in [-0.2, 0) is 10.3 Å². The number of hydrogen-bond acceptors (Lipinski definition) is 4. The molecule has 1 aromatic heterocycles. The van der Waals surface area contributed by atoms with Crippen molar-refractivity contribution in [1.82, 2.24) is 10.3 Å². The monoisotopic (exact) mass is 267 g/mol. The number of nitrogens with two attached hydrogens (primary N) is 1. The van der Waals surface area contributed by atoms with Crippen LogP contribution in [0.2, 0.25) is 0 Å². The number of hydrogen-bond donors (Lipinski definition) is 2. The molecule has 2 rings (SSSR count). The zero-order valence-corrected chi connectivity index (χ0v) is 11.8. The van der Waals surface area contributed by atoms with Crippen molar-refractivity contribution in [1.29, 1.82) is 0 Å². The summed E-state index contributed by atoms with van der Waals surface area (Å²) in [5, 5.41) is 5.94. The van der Waals surface area contributed by atoms with Gasteiger partial charge in [0.15, 0.2) is 0 Å². The first kappa shape index (κ1) is 13.5. The van der Waals surface area contributed by atoms with E-state index in [2.05, 4.69) is 10.3 Å². The van der Waals surface area contributed by atoms with Crippen LogP contribution in [0.1, 0.15) is 44.5 Å². The van der Waals surface area contributed by atoms with Crippen LogP contribution in [0.25, 0.3) is 0 Å². The van der Waals surface area contributed by atoms with E-state index in [4.69, 9.17) is 5.73 Å². The van der Waals surface area contributed by atoms with Gasteiger partial charge in [-0.25, -0.2) is 4.98 Å². The van der Waals surface area contributed by atoms with Crippen molar-refractivity contribution in [3.8, 4) is 0 Å². The molecule has 1 amide bonds. The number of nitrogens with zero attached hydrogens (tertiary/aromatic N) is 1. The van der Waals surface area contributed by atoms with E-state index in [1.54, 1.807) is 17.5 Å². The smallest absolute Gasteiger partial charge is 0.225 e. The molecule has 1 fully saturated rings. The lowest BCUT2D eigenvalue weighted by molar-refractivity contribution is -0.128. The highest BCUT2D eigenvalue weighted by Gasteiger charge is 2.33. The Morgan fingerprint density at radius 1 is 1.50 bits per heavy atom. The minimum Gasteiger partial charge on any atom is -0.344 e. The lowest BCUT2D eigenvalue weighted by Crippen LogP contribution is -2.49. The largest absolute Gasteiger partial charge is 0.344 e. The summed E-state index contributed by atoms with van der Waals surface area (Å²) in [5.41, 5.74) is 5.63. The fourth-order valence-corrected chi connectivity index (χ4v) is 3.19. The highest BCUT2D eigenvalue weighted by atomic mass is 32.1. The van der Waals surface area contributed by atoms with Crippen molar-refractivity contribution in [2.45, 2.75) is 51.1 Å². The predicted molar refractivity (Wildman–Crippen MR) is 73.2 cm³/mol. The summed E-state index contributed by atoms with van der Waals surface area (Å²) in [6.07, 6.45) is 5.86. The summed E-state index contributed by atoms with van der Waals surface area (Å²) >= 11 is 1.56. The van der Waals surface area contributed by atoms with Crippen LogP contribution in [0.3, 0.4) is 0 Å². The highest BCUT2D eigenvalue weighted by molar-refractivity contribution is 7.09. The maximum absolute atomic E-state index is 12.3. The van der Waals surface area contributed by atoms with Crippen molar-refractivity contribution in [2.24, 2.45) is 11.7 Å². The van der Waals surface area contributed by atoms with Crippen LogP contribution in [0.4, 0.5) is 0 Å². The van der Waals surface area contributed by atoms with E-state index in [1.807, 2.05) is 19.2 Å². The van der Waals surface area contributed by atoms with Gasteiger partial charge >= 0.3 is 0 Å². The van der Waals surface area contributed by atoms with E-state index < -0.39 is 5.54 Å². The number of amides is 1. The molecule has 18 heavy (non-hydrogen) atoms. The molecule has 5 heteroatoms. The average molecular weight is 267 g/mol. The molecule has 0 aromatic carbocycles. The average Bonchev–Trinajstić information content (AvgIpc) is 2.82. The van der Waals surface area contributed by atoms with Crippen molar-refractivity contribution in [2.75, 3.05) is 0 Å². The van der Waals surface area contributed by atoms with Gasteiger partial charge in [0, 0.05) is 17.6 Å². The minimum absolute atomic E-state index is 0.00541. The Kier molecular flexibility index (Phi) is 4.02. The third-order valence-corrected chi connectivity index (χ3v) is 4.66. The second-order valence-corrected chi connectivity index (χ2v) is 6.40. The molecule has 1 aliphatic carbocycles. The van der Waals surface area contributed by atoms with Gasteiger partial charge in [-0.1, -0.05) is 12.8 Å². The molecular formula is C13H21N3OS. The lowest BCUT2D eigenvalue weighted by Gasteiger charge is -2.31. The van der Waals surface area contributed by atoms with Crippen molar-refractivity contribution in [3.63, 3.8) is 0 Å². The Labute approximate surface area is 112 Å². The Bertz CT molecular complexity index is 402. The van der Waals surface area contributed by atoms with Crippen LogP contribution in [0, 0.1) is 5.92 Å². The number of rotatable bonds is 3. The SMILES string of the molecule is CC(C)(NC(=O)C1CCCCC1N)c1nccs1.